The summed E-state index contributed by atoms with van der Waals surface area (Å²) in [7, 11) is 2.11. The van der Waals surface area contributed by atoms with Crippen molar-refractivity contribution >= 4 is 39.7 Å². The van der Waals surface area contributed by atoms with Crippen molar-refractivity contribution in [3.05, 3.63) is 45.4 Å². The lowest BCUT2D eigenvalue weighted by atomic mass is 10.3. The number of hydrogen-bond donors (Lipinski definition) is 2. The maximum atomic E-state index is 5.95. The van der Waals surface area contributed by atoms with E-state index in [0.29, 0.717) is 0 Å². The van der Waals surface area contributed by atoms with Crippen molar-refractivity contribution in [2.45, 2.75) is 13.0 Å². The number of aromatic amines is 1. The van der Waals surface area contributed by atoms with Gasteiger partial charge >= 0.3 is 0 Å². The lowest BCUT2D eigenvalue weighted by molar-refractivity contribution is 0.332. The molecule has 3 aromatic rings. The number of imidazole rings is 1. The topological polar surface area (TPSA) is 57.9 Å². The molecule has 2 aromatic heterocycles. The van der Waals surface area contributed by atoms with Gasteiger partial charge in [-0.25, -0.2) is 4.98 Å². The van der Waals surface area contributed by atoms with Crippen molar-refractivity contribution in [2.75, 3.05) is 19.3 Å². The second-order valence-electron chi connectivity index (χ2n) is 5.15. The van der Waals surface area contributed by atoms with Gasteiger partial charge in [0.05, 0.1) is 15.4 Å². The molecule has 0 aliphatic carbocycles. The molecular formula is C15H17ClN4S. The second-order valence-corrected chi connectivity index (χ2v) is 6.95. The van der Waals surface area contributed by atoms with E-state index in [-0.39, 0.29) is 0 Å². The molecule has 4 nitrogen and oxygen atoms in total. The van der Waals surface area contributed by atoms with Gasteiger partial charge in [0.25, 0.3) is 0 Å². The number of halogens is 1. The van der Waals surface area contributed by atoms with E-state index in [9.17, 15) is 0 Å². The Bertz CT molecular complexity index is 749. The van der Waals surface area contributed by atoms with Crippen LogP contribution in [0.5, 0.6) is 0 Å². The first-order valence-electron chi connectivity index (χ1n) is 6.77. The molecule has 0 bridgehead atoms. The first-order chi connectivity index (χ1) is 10.1. The van der Waals surface area contributed by atoms with E-state index in [4.69, 9.17) is 17.3 Å². The smallest absolute Gasteiger partial charge is 0.108 e. The molecule has 1 aromatic carbocycles. The van der Waals surface area contributed by atoms with Crippen LogP contribution in [0.25, 0.3) is 11.0 Å². The van der Waals surface area contributed by atoms with Gasteiger partial charge in [-0.15, -0.1) is 11.3 Å². The summed E-state index contributed by atoms with van der Waals surface area (Å²) in [5.41, 5.74) is 8.49. The van der Waals surface area contributed by atoms with Crippen molar-refractivity contribution in [3.8, 4) is 0 Å². The number of nitrogens with two attached hydrogens (primary N) is 1. The monoisotopic (exact) mass is 320 g/mol. The molecule has 6 heteroatoms. The van der Waals surface area contributed by atoms with Gasteiger partial charge in [-0.05, 0) is 37.4 Å². The second kappa shape index (κ2) is 6.05. The summed E-state index contributed by atoms with van der Waals surface area (Å²) >= 11 is 7.58. The fourth-order valence-electron chi connectivity index (χ4n) is 2.28. The number of nitrogen functional groups attached to an aromatic ring is 1. The Balaban J connectivity index is 1.60. The lowest BCUT2D eigenvalue weighted by Gasteiger charge is -2.14. The van der Waals surface area contributed by atoms with Crippen LogP contribution in [0.3, 0.4) is 0 Å². The molecule has 0 fully saturated rings. The van der Waals surface area contributed by atoms with E-state index in [1.807, 2.05) is 24.3 Å². The Kier molecular flexibility index (Phi) is 4.14. The third-order valence-electron chi connectivity index (χ3n) is 3.34. The van der Waals surface area contributed by atoms with E-state index in [0.717, 1.165) is 46.4 Å². The van der Waals surface area contributed by atoms with Gasteiger partial charge in [-0.2, -0.15) is 0 Å². The van der Waals surface area contributed by atoms with E-state index in [2.05, 4.69) is 28.0 Å². The van der Waals surface area contributed by atoms with Crippen LogP contribution >= 0.6 is 22.9 Å². The standard InChI is InChI=1S/C15H17ClN4S/c1-20(9-11-3-5-14(16)21-11)7-6-15-18-12-4-2-10(17)8-13(12)19-15/h2-5,8H,6-7,9,17H2,1H3,(H,18,19). The summed E-state index contributed by atoms with van der Waals surface area (Å²) in [5, 5.41) is 0. The SMILES string of the molecule is CN(CCc1nc2ccc(N)cc2[nH]1)Cc1ccc(Cl)s1. The molecule has 21 heavy (non-hydrogen) atoms. The molecule has 0 amide bonds. The number of fused-ring (bicyclic) bond motifs is 1. The van der Waals surface area contributed by atoms with Gasteiger partial charge in [0.1, 0.15) is 5.82 Å². The lowest BCUT2D eigenvalue weighted by Crippen LogP contribution is -2.20. The van der Waals surface area contributed by atoms with E-state index in [1.54, 1.807) is 11.3 Å². The maximum Gasteiger partial charge on any atom is 0.108 e. The maximum absolute atomic E-state index is 5.95. The minimum absolute atomic E-state index is 0.754. The molecule has 3 N–H and O–H groups in total. The minimum atomic E-state index is 0.754. The molecule has 2 heterocycles. The molecule has 0 atom stereocenters. The normalized spacial score (nSPS) is 11.6. The van der Waals surface area contributed by atoms with Crippen molar-refractivity contribution in [1.82, 2.24) is 14.9 Å². The van der Waals surface area contributed by atoms with Gasteiger partial charge in [-0.3, -0.25) is 0 Å². The van der Waals surface area contributed by atoms with Crippen LogP contribution in [0.15, 0.2) is 30.3 Å². The fourth-order valence-corrected chi connectivity index (χ4v) is 3.44. The van der Waals surface area contributed by atoms with Crippen molar-refractivity contribution in [1.29, 1.82) is 0 Å². The molecule has 0 aliphatic rings. The number of nitrogens with zero attached hydrogens (tertiary/aromatic N) is 2. The molecule has 3 rings (SSSR count). The zero-order valence-corrected chi connectivity index (χ0v) is 13.3. The zero-order chi connectivity index (χ0) is 14.8. The van der Waals surface area contributed by atoms with E-state index in [1.165, 1.54) is 4.88 Å². The third kappa shape index (κ3) is 3.56. The van der Waals surface area contributed by atoms with Crippen LogP contribution < -0.4 is 5.73 Å². The molecule has 0 unspecified atom stereocenters. The van der Waals surface area contributed by atoms with E-state index < -0.39 is 0 Å². The number of rotatable bonds is 5. The van der Waals surface area contributed by atoms with Crippen molar-refractivity contribution in [3.63, 3.8) is 0 Å². The quantitative estimate of drug-likeness (QED) is 0.707. The molecule has 0 spiro atoms. The van der Waals surface area contributed by atoms with Crippen LogP contribution in [0.1, 0.15) is 10.7 Å². The Morgan fingerprint density at radius 2 is 2.19 bits per heavy atom. The van der Waals surface area contributed by atoms with Crippen molar-refractivity contribution in [2.24, 2.45) is 0 Å². The number of anilines is 1. The summed E-state index contributed by atoms with van der Waals surface area (Å²) in [5.74, 6) is 0.992. The first kappa shape index (κ1) is 14.4. The molecule has 0 saturated carbocycles. The van der Waals surface area contributed by atoms with Gasteiger partial charge in [0.15, 0.2) is 0 Å². The summed E-state index contributed by atoms with van der Waals surface area (Å²) in [4.78, 5) is 11.4. The predicted octanol–water partition coefficient (Wildman–Crippen LogP) is 3.53. The fraction of sp³-hybridized carbons (Fsp3) is 0.267. The Morgan fingerprint density at radius 3 is 2.95 bits per heavy atom. The number of aromatic nitrogens is 2. The zero-order valence-electron chi connectivity index (χ0n) is 11.8. The van der Waals surface area contributed by atoms with Gasteiger partial charge in [0, 0.05) is 30.1 Å². The molecular weight excluding hydrogens is 304 g/mol. The largest absolute Gasteiger partial charge is 0.399 e. The first-order valence-corrected chi connectivity index (χ1v) is 7.96. The highest BCUT2D eigenvalue weighted by atomic mass is 35.5. The van der Waals surface area contributed by atoms with E-state index >= 15 is 0 Å². The number of nitrogens with one attached hydrogen (secondary N) is 1. The number of hydrogen-bond acceptors (Lipinski definition) is 4. The summed E-state index contributed by atoms with van der Waals surface area (Å²) in [6, 6.07) is 9.76. The predicted molar refractivity (Wildman–Crippen MR) is 89.9 cm³/mol. The minimum Gasteiger partial charge on any atom is -0.399 e. The highest BCUT2D eigenvalue weighted by Crippen LogP contribution is 2.22. The number of benzene rings is 1. The van der Waals surface area contributed by atoms with Crippen molar-refractivity contribution < 1.29 is 0 Å². The Morgan fingerprint density at radius 1 is 1.33 bits per heavy atom. The molecule has 0 aliphatic heterocycles. The summed E-state index contributed by atoms with van der Waals surface area (Å²) in [6.45, 7) is 1.84. The third-order valence-corrected chi connectivity index (χ3v) is 4.56. The van der Waals surface area contributed by atoms with Gasteiger partial charge in [-0.1, -0.05) is 11.6 Å². The van der Waals surface area contributed by atoms with Crippen LogP contribution in [0, 0.1) is 0 Å². The molecule has 0 radical (unpaired) electrons. The van der Waals surface area contributed by atoms with Crippen LogP contribution in [-0.2, 0) is 13.0 Å². The summed E-state index contributed by atoms with van der Waals surface area (Å²) in [6.07, 6.45) is 0.879. The Labute approximate surface area is 132 Å². The van der Waals surface area contributed by atoms with Gasteiger partial charge in [0.2, 0.25) is 0 Å². The average molecular weight is 321 g/mol. The molecule has 110 valence electrons. The highest BCUT2D eigenvalue weighted by molar-refractivity contribution is 7.16. The highest BCUT2D eigenvalue weighted by Gasteiger charge is 2.07. The number of H-pyrrole nitrogens is 1. The summed E-state index contributed by atoms with van der Waals surface area (Å²) < 4.78 is 0.841. The van der Waals surface area contributed by atoms with Gasteiger partial charge < -0.3 is 15.6 Å². The molecule has 0 saturated heterocycles. The van der Waals surface area contributed by atoms with Crippen LogP contribution in [0.4, 0.5) is 5.69 Å². The van der Waals surface area contributed by atoms with Crippen LogP contribution in [0.2, 0.25) is 4.34 Å². The number of likely N-dealkylation sites (N-methyl/N-ethyl adjacent to an activating group) is 1. The average Bonchev–Trinajstić information content (AvgIpc) is 3.02. The Hall–Kier alpha value is -1.56. The number of thiophene rings is 1. The van der Waals surface area contributed by atoms with Crippen LogP contribution in [-0.4, -0.2) is 28.5 Å².